The number of fused-ring (bicyclic) bond motifs is 1. The summed E-state index contributed by atoms with van der Waals surface area (Å²) < 4.78 is 3.47. The third-order valence-electron chi connectivity index (χ3n) is 5.10. The van der Waals surface area contributed by atoms with E-state index in [4.69, 9.17) is 39.5 Å². The standard InChI is InChI=1S/C16H15Cl3N2O6/c17-16(18,19)15-14(21(25)26)13(9-3-1-2-4-11(9)22)10-7-8(20(23)24)5-6-12(10)27-15/h5-7,9,13-15H,1-4H2/t9-,13-,14-,15-/m0/s1. The Kier molecular flexibility index (Phi) is 5.52. The number of alkyl halides is 3. The minimum atomic E-state index is -2.12. The van der Waals surface area contributed by atoms with E-state index in [2.05, 4.69) is 0 Å². The first-order chi connectivity index (χ1) is 12.6. The number of halogens is 3. The molecule has 0 amide bonds. The summed E-state index contributed by atoms with van der Waals surface area (Å²) in [5.41, 5.74) is -0.0170. The average Bonchev–Trinajstić information content (AvgIpc) is 2.59. The van der Waals surface area contributed by atoms with Gasteiger partial charge in [-0.15, -0.1) is 0 Å². The number of rotatable bonds is 3. The Balaban J connectivity index is 2.19. The zero-order chi connectivity index (χ0) is 19.9. The highest BCUT2D eigenvalue weighted by atomic mass is 35.6. The van der Waals surface area contributed by atoms with Gasteiger partial charge < -0.3 is 4.74 Å². The normalized spacial score (nSPS) is 28.2. The van der Waals surface area contributed by atoms with Gasteiger partial charge >= 0.3 is 0 Å². The maximum atomic E-state index is 12.6. The van der Waals surface area contributed by atoms with Crippen LogP contribution < -0.4 is 4.74 Å². The summed E-state index contributed by atoms with van der Waals surface area (Å²) in [6.07, 6.45) is 0.724. The van der Waals surface area contributed by atoms with E-state index in [1.54, 1.807) is 0 Å². The van der Waals surface area contributed by atoms with Crippen molar-refractivity contribution < 1.29 is 19.4 Å². The first-order valence-electron chi connectivity index (χ1n) is 8.29. The molecule has 11 heteroatoms. The van der Waals surface area contributed by atoms with Crippen LogP contribution in [0.4, 0.5) is 5.69 Å². The lowest BCUT2D eigenvalue weighted by atomic mass is 9.70. The molecular formula is C16H15Cl3N2O6. The number of ketones is 1. The van der Waals surface area contributed by atoms with Crippen LogP contribution in [0.3, 0.4) is 0 Å². The van der Waals surface area contributed by atoms with Crippen molar-refractivity contribution in [3.05, 3.63) is 44.0 Å². The van der Waals surface area contributed by atoms with Gasteiger partial charge in [0, 0.05) is 35.0 Å². The van der Waals surface area contributed by atoms with Crippen molar-refractivity contribution in [2.24, 2.45) is 5.92 Å². The quantitative estimate of drug-likeness (QED) is 0.397. The Morgan fingerprint density at radius 2 is 1.85 bits per heavy atom. The van der Waals surface area contributed by atoms with Gasteiger partial charge in [0.15, 0.2) is 0 Å². The molecule has 0 radical (unpaired) electrons. The molecule has 1 aromatic carbocycles. The van der Waals surface area contributed by atoms with Crippen LogP contribution in [-0.4, -0.2) is 31.6 Å². The van der Waals surface area contributed by atoms with E-state index in [0.717, 1.165) is 6.42 Å². The molecular weight excluding hydrogens is 423 g/mol. The van der Waals surface area contributed by atoms with E-state index >= 15 is 0 Å². The van der Waals surface area contributed by atoms with Gasteiger partial charge in [-0.2, -0.15) is 0 Å². The predicted octanol–water partition coefficient (Wildman–Crippen LogP) is 4.21. The summed E-state index contributed by atoms with van der Waals surface area (Å²) in [4.78, 5) is 34.4. The van der Waals surface area contributed by atoms with Gasteiger partial charge in [0.1, 0.15) is 11.5 Å². The number of nitro benzene ring substituents is 1. The molecule has 1 aromatic rings. The molecule has 4 atom stereocenters. The van der Waals surface area contributed by atoms with Gasteiger partial charge in [-0.1, -0.05) is 41.2 Å². The molecule has 1 aliphatic carbocycles. The lowest BCUT2D eigenvalue weighted by Gasteiger charge is -2.40. The summed E-state index contributed by atoms with van der Waals surface area (Å²) in [6, 6.07) is 2.22. The van der Waals surface area contributed by atoms with Gasteiger partial charge in [-0.3, -0.25) is 25.0 Å². The maximum absolute atomic E-state index is 12.6. The smallest absolute Gasteiger partial charge is 0.269 e. The number of nitrogens with zero attached hydrogens (tertiary/aromatic N) is 2. The van der Waals surface area contributed by atoms with Crippen LogP contribution in [0.5, 0.6) is 5.75 Å². The van der Waals surface area contributed by atoms with Crippen LogP contribution in [0, 0.1) is 26.1 Å². The largest absolute Gasteiger partial charge is 0.478 e. The third kappa shape index (κ3) is 3.83. The molecule has 146 valence electrons. The van der Waals surface area contributed by atoms with E-state index in [-0.39, 0.29) is 22.8 Å². The van der Waals surface area contributed by atoms with Gasteiger partial charge in [0.25, 0.3) is 11.7 Å². The molecule has 2 aliphatic rings. The number of carbonyl (C=O) groups excluding carboxylic acids is 1. The minimum Gasteiger partial charge on any atom is -0.478 e. The topological polar surface area (TPSA) is 113 Å². The number of ether oxygens (including phenoxy) is 1. The monoisotopic (exact) mass is 436 g/mol. The minimum absolute atomic E-state index is 0.125. The summed E-state index contributed by atoms with van der Waals surface area (Å²) >= 11 is 17.8. The Bertz CT molecular complexity index is 797. The number of nitro groups is 2. The fourth-order valence-corrected chi connectivity index (χ4v) is 4.46. The number of hydrogen-bond donors (Lipinski definition) is 0. The van der Waals surface area contributed by atoms with Gasteiger partial charge in [-0.25, -0.2) is 0 Å². The van der Waals surface area contributed by atoms with Gasteiger partial charge in [-0.05, 0) is 18.9 Å². The van der Waals surface area contributed by atoms with Crippen molar-refractivity contribution >= 4 is 46.3 Å². The molecule has 0 saturated heterocycles. The van der Waals surface area contributed by atoms with Crippen molar-refractivity contribution in [3.63, 3.8) is 0 Å². The second kappa shape index (κ2) is 7.41. The van der Waals surface area contributed by atoms with Crippen LogP contribution in [0.25, 0.3) is 0 Å². The van der Waals surface area contributed by atoms with Crippen LogP contribution >= 0.6 is 34.8 Å². The molecule has 1 saturated carbocycles. The number of carbonyl (C=O) groups is 1. The Hall–Kier alpha value is -1.64. The summed E-state index contributed by atoms with van der Waals surface area (Å²) in [5.74, 6) is -1.63. The third-order valence-corrected chi connectivity index (χ3v) is 5.74. The zero-order valence-corrected chi connectivity index (χ0v) is 16.1. The molecule has 1 aliphatic heterocycles. The van der Waals surface area contributed by atoms with Crippen molar-refractivity contribution in [3.8, 4) is 5.75 Å². The van der Waals surface area contributed by atoms with E-state index in [0.29, 0.717) is 19.3 Å². The van der Waals surface area contributed by atoms with E-state index in [1.807, 2.05) is 0 Å². The van der Waals surface area contributed by atoms with E-state index < -0.39 is 37.6 Å². The predicted molar refractivity (Wildman–Crippen MR) is 98.3 cm³/mol. The highest BCUT2D eigenvalue weighted by Gasteiger charge is 2.58. The zero-order valence-electron chi connectivity index (χ0n) is 13.8. The highest BCUT2D eigenvalue weighted by Crippen LogP contribution is 2.50. The molecule has 27 heavy (non-hydrogen) atoms. The lowest BCUT2D eigenvalue weighted by molar-refractivity contribution is -0.540. The van der Waals surface area contributed by atoms with Gasteiger partial charge in [0.2, 0.25) is 9.90 Å². The Morgan fingerprint density at radius 1 is 1.15 bits per heavy atom. The van der Waals surface area contributed by atoms with E-state index in [9.17, 15) is 25.0 Å². The van der Waals surface area contributed by atoms with Crippen molar-refractivity contribution in [2.45, 2.75) is 47.5 Å². The second-order valence-corrected chi connectivity index (χ2v) is 9.05. The molecule has 0 N–H and O–H groups in total. The van der Waals surface area contributed by atoms with Crippen molar-refractivity contribution in [2.75, 3.05) is 0 Å². The van der Waals surface area contributed by atoms with E-state index in [1.165, 1.54) is 18.2 Å². The highest BCUT2D eigenvalue weighted by molar-refractivity contribution is 6.68. The first kappa shape index (κ1) is 20.1. The summed E-state index contributed by atoms with van der Waals surface area (Å²) in [5, 5.41) is 23.1. The van der Waals surface area contributed by atoms with Crippen LogP contribution in [-0.2, 0) is 4.79 Å². The Labute approximate surface area is 169 Å². The summed E-state index contributed by atoms with van der Waals surface area (Å²) in [7, 11) is 0. The van der Waals surface area contributed by atoms with Crippen molar-refractivity contribution in [1.82, 2.24) is 0 Å². The number of benzene rings is 1. The number of hydrogen-bond acceptors (Lipinski definition) is 6. The molecule has 0 aromatic heterocycles. The molecule has 0 unspecified atom stereocenters. The van der Waals surface area contributed by atoms with Gasteiger partial charge in [0.05, 0.1) is 10.8 Å². The Morgan fingerprint density at radius 3 is 2.41 bits per heavy atom. The molecule has 1 heterocycles. The molecule has 3 rings (SSSR count). The molecule has 1 fully saturated rings. The molecule has 8 nitrogen and oxygen atoms in total. The van der Waals surface area contributed by atoms with Crippen LogP contribution in [0.15, 0.2) is 18.2 Å². The fraction of sp³-hybridized carbons (Fsp3) is 0.562. The SMILES string of the molecule is O=C1CCCC[C@@H]1[C@H]1c2cc([N+](=O)[O-])ccc2O[C@H](C(Cl)(Cl)Cl)[C@H]1[N+](=O)[O-]. The number of Topliss-reactive ketones (excluding diaryl/α,β-unsaturated/α-hetero) is 1. The lowest BCUT2D eigenvalue weighted by Crippen LogP contribution is -2.54. The van der Waals surface area contributed by atoms with Crippen LogP contribution in [0.1, 0.15) is 37.2 Å². The molecule has 0 spiro atoms. The number of non-ortho nitro benzene ring substituents is 1. The first-order valence-corrected chi connectivity index (χ1v) is 9.42. The molecule has 0 bridgehead atoms. The van der Waals surface area contributed by atoms with Crippen molar-refractivity contribution in [1.29, 1.82) is 0 Å². The second-order valence-electron chi connectivity index (χ2n) is 6.68. The average molecular weight is 438 g/mol. The maximum Gasteiger partial charge on any atom is 0.269 e. The van der Waals surface area contributed by atoms with Crippen LogP contribution in [0.2, 0.25) is 0 Å². The summed E-state index contributed by atoms with van der Waals surface area (Å²) in [6.45, 7) is 0. The fourth-order valence-electron chi connectivity index (χ4n) is 3.94.